The predicted octanol–water partition coefficient (Wildman–Crippen LogP) is 10.1. The molecule has 0 saturated heterocycles. The molecule has 0 amide bonds. The Hall–Kier alpha value is -2.12. The number of hydrogen-bond acceptors (Lipinski definition) is 4. The summed E-state index contributed by atoms with van der Waals surface area (Å²) in [7, 11) is 0. The summed E-state index contributed by atoms with van der Waals surface area (Å²) >= 11 is 0. The molecule has 0 spiro atoms. The number of allylic oxidation sites excluding steroid dienone is 4. The van der Waals surface area contributed by atoms with Crippen molar-refractivity contribution in [2.24, 2.45) is 57.0 Å². The van der Waals surface area contributed by atoms with Gasteiger partial charge in [-0.15, -0.1) is 0 Å². The Morgan fingerprint density at radius 2 is 1.66 bits per heavy atom. The van der Waals surface area contributed by atoms with Crippen LogP contribution in [-0.4, -0.2) is 30.3 Å². The molecule has 7 rings (SSSR count). The lowest BCUT2D eigenvalue weighted by molar-refractivity contribution is -0.222. The molecule has 0 heterocycles. The van der Waals surface area contributed by atoms with Gasteiger partial charge in [0.05, 0.1) is 5.92 Å². The number of hydrogen-bond donors (Lipinski definition) is 2. The summed E-state index contributed by atoms with van der Waals surface area (Å²) in [5.74, 6) is 1.72. The van der Waals surface area contributed by atoms with Gasteiger partial charge in [0, 0.05) is 12.1 Å². The van der Waals surface area contributed by atoms with Crippen molar-refractivity contribution in [1.29, 1.82) is 0 Å². The number of carbonyl (C=O) groups is 1. The fourth-order valence-corrected chi connectivity index (χ4v) is 13.7. The van der Waals surface area contributed by atoms with Gasteiger partial charge in [-0.25, -0.2) is 0 Å². The van der Waals surface area contributed by atoms with Gasteiger partial charge < -0.3 is 10.5 Å². The standard InChI is InChI=1S/C43H61F3N2O2/c1-38(2)31(29-13-15-30(16-14-29)37(49)50-27-28-10-7-6-8-11-28)19-22-39(3)34(38)20-23-41(5)35(39)18-17-32-33-12-9-21-42(33,25-24-40(32,41)4)48-36(26-47)43(44,45)46/h6-8,10-11,13,19,30,32-36,48H,9,12,14-18,20-27,47H2,1-5H3/t30?,32?,33?,34?,35?,36?,39?,40-,41?,42?/m1/s1. The van der Waals surface area contributed by atoms with Crippen LogP contribution in [0.2, 0.25) is 0 Å². The normalized spacial score (nSPS) is 41.4. The summed E-state index contributed by atoms with van der Waals surface area (Å²) < 4.78 is 47.7. The smallest absolute Gasteiger partial charge is 0.405 e. The molecule has 7 heteroatoms. The number of ether oxygens (including phenoxy) is 1. The van der Waals surface area contributed by atoms with E-state index in [1.165, 1.54) is 30.4 Å². The molecule has 276 valence electrons. The molecule has 4 saturated carbocycles. The Morgan fingerprint density at radius 3 is 2.34 bits per heavy atom. The first kappa shape index (κ1) is 36.2. The van der Waals surface area contributed by atoms with Gasteiger partial charge in [-0.05, 0) is 139 Å². The highest BCUT2D eigenvalue weighted by Gasteiger charge is 2.69. The second kappa shape index (κ2) is 12.8. The average Bonchev–Trinajstić information content (AvgIpc) is 3.50. The summed E-state index contributed by atoms with van der Waals surface area (Å²) in [6.45, 7) is 12.6. The molecule has 6 aliphatic rings. The minimum absolute atomic E-state index is 0.0322. The molecule has 9 unspecified atom stereocenters. The van der Waals surface area contributed by atoms with E-state index in [0.29, 0.717) is 24.4 Å². The van der Waals surface area contributed by atoms with E-state index in [9.17, 15) is 18.0 Å². The Labute approximate surface area is 298 Å². The zero-order valence-corrected chi connectivity index (χ0v) is 31.1. The van der Waals surface area contributed by atoms with Crippen LogP contribution >= 0.6 is 0 Å². The molecule has 3 N–H and O–H groups in total. The first-order valence-corrected chi connectivity index (χ1v) is 19.7. The second-order valence-electron chi connectivity index (χ2n) is 18.6. The van der Waals surface area contributed by atoms with Crippen LogP contribution in [0.3, 0.4) is 0 Å². The van der Waals surface area contributed by atoms with Gasteiger partial charge in [0.25, 0.3) is 0 Å². The first-order chi connectivity index (χ1) is 23.6. The summed E-state index contributed by atoms with van der Waals surface area (Å²) in [5, 5.41) is 3.19. The van der Waals surface area contributed by atoms with Gasteiger partial charge in [-0.1, -0.05) is 83.5 Å². The molecule has 0 aromatic heterocycles. The number of benzene rings is 1. The molecule has 4 nitrogen and oxygen atoms in total. The highest BCUT2D eigenvalue weighted by Crippen LogP contribution is 2.76. The SMILES string of the molecule is CC1(C)C(C2=CCC(C(=O)OCc3ccccc3)CC2)=CCC2(C)C1CCC1(C)C2CCC2C3CCCC3(NC(CN)C(F)(F)F)CC[C@]21C. The van der Waals surface area contributed by atoms with Crippen LogP contribution in [0.1, 0.15) is 124 Å². The van der Waals surface area contributed by atoms with Crippen LogP contribution in [0.25, 0.3) is 0 Å². The van der Waals surface area contributed by atoms with Gasteiger partial charge in [0.1, 0.15) is 12.6 Å². The number of alkyl halides is 3. The minimum atomic E-state index is -4.32. The van der Waals surface area contributed by atoms with Crippen molar-refractivity contribution >= 4 is 5.97 Å². The third-order valence-corrected chi connectivity index (χ3v) is 16.3. The number of nitrogens with two attached hydrogens (primary N) is 1. The highest BCUT2D eigenvalue weighted by molar-refractivity contribution is 5.73. The van der Waals surface area contributed by atoms with Crippen molar-refractivity contribution in [3.8, 4) is 0 Å². The molecule has 1 aromatic carbocycles. The van der Waals surface area contributed by atoms with Crippen molar-refractivity contribution in [2.75, 3.05) is 6.54 Å². The largest absolute Gasteiger partial charge is 0.461 e. The summed E-state index contributed by atoms with van der Waals surface area (Å²) in [6.07, 6.45) is 13.5. The zero-order chi connectivity index (χ0) is 35.7. The third kappa shape index (κ3) is 5.65. The number of esters is 1. The van der Waals surface area contributed by atoms with E-state index in [0.717, 1.165) is 69.8 Å². The van der Waals surface area contributed by atoms with Crippen LogP contribution in [0.5, 0.6) is 0 Å². The molecule has 10 atom stereocenters. The van der Waals surface area contributed by atoms with Crippen molar-refractivity contribution < 1.29 is 22.7 Å². The quantitative estimate of drug-likeness (QED) is 0.279. The summed E-state index contributed by atoms with van der Waals surface area (Å²) in [4.78, 5) is 13.0. The topological polar surface area (TPSA) is 64.3 Å². The molecule has 0 radical (unpaired) electrons. The number of fused-ring (bicyclic) bond motifs is 7. The van der Waals surface area contributed by atoms with Crippen molar-refractivity contribution in [3.05, 3.63) is 59.2 Å². The van der Waals surface area contributed by atoms with Gasteiger partial charge in [-0.2, -0.15) is 13.2 Å². The van der Waals surface area contributed by atoms with Crippen LogP contribution in [0, 0.1) is 51.2 Å². The number of halogens is 3. The average molecular weight is 695 g/mol. The molecule has 6 aliphatic carbocycles. The van der Waals surface area contributed by atoms with E-state index in [2.05, 4.69) is 52.1 Å². The van der Waals surface area contributed by atoms with Crippen LogP contribution in [-0.2, 0) is 16.1 Å². The van der Waals surface area contributed by atoms with Gasteiger partial charge in [0.2, 0.25) is 0 Å². The Kier molecular flexibility index (Phi) is 9.26. The lowest BCUT2D eigenvalue weighted by Gasteiger charge is -2.72. The zero-order valence-electron chi connectivity index (χ0n) is 31.1. The monoisotopic (exact) mass is 694 g/mol. The lowest BCUT2D eigenvalue weighted by Crippen LogP contribution is -2.69. The molecule has 1 aromatic rings. The molecule has 50 heavy (non-hydrogen) atoms. The fraction of sp³-hybridized carbons (Fsp3) is 0.744. The Bertz CT molecular complexity index is 1500. The van der Waals surface area contributed by atoms with Crippen molar-refractivity contribution in [1.82, 2.24) is 5.32 Å². The van der Waals surface area contributed by atoms with E-state index in [-0.39, 0.29) is 39.5 Å². The Balaban J connectivity index is 1.08. The fourth-order valence-electron chi connectivity index (χ4n) is 13.7. The maximum Gasteiger partial charge on any atom is 0.405 e. The number of nitrogens with one attached hydrogen (secondary N) is 1. The summed E-state index contributed by atoms with van der Waals surface area (Å²) in [5.41, 5.74) is 9.71. The molecular formula is C43H61F3N2O2. The van der Waals surface area contributed by atoms with Crippen LogP contribution < -0.4 is 11.1 Å². The first-order valence-electron chi connectivity index (χ1n) is 19.7. The predicted molar refractivity (Wildman–Crippen MR) is 193 cm³/mol. The Morgan fingerprint density at radius 1 is 0.900 bits per heavy atom. The van der Waals surface area contributed by atoms with E-state index >= 15 is 0 Å². The molecule has 0 aliphatic heterocycles. The molecule has 4 fully saturated rings. The second-order valence-corrected chi connectivity index (χ2v) is 18.6. The van der Waals surface area contributed by atoms with Crippen LogP contribution in [0.15, 0.2) is 53.6 Å². The summed E-state index contributed by atoms with van der Waals surface area (Å²) in [6, 6.07) is 8.26. The van der Waals surface area contributed by atoms with E-state index in [4.69, 9.17) is 10.5 Å². The van der Waals surface area contributed by atoms with Crippen LogP contribution in [0.4, 0.5) is 13.2 Å². The maximum atomic E-state index is 14.0. The van der Waals surface area contributed by atoms with Gasteiger partial charge in [-0.3, -0.25) is 10.1 Å². The number of carbonyl (C=O) groups excluding carboxylic acids is 1. The lowest BCUT2D eigenvalue weighted by atomic mass is 9.33. The number of rotatable bonds is 7. The highest BCUT2D eigenvalue weighted by atomic mass is 19.4. The van der Waals surface area contributed by atoms with E-state index in [1.807, 2.05) is 30.3 Å². The van der Waals surface area contributed by atoms with Crippen molar-refractivity contribution in [3.63, 3.8) is 0 Å². The van der Waals surface area contributed by atoms with E-state index in [1.54, 1.807) is 0 Å². The van der Waals surface area contributed by atoms with Gasteiger partial charge in [0.15, 0.2) is 0 Å². The molecule has 0 bridgehead atoms. The molecular weight excluding hydrogens is 633 g/mol. The minimum Gasteiger partial charge on any atom is -0.461 e. The van der Waals surface area contributed by atoms with Crippen molar-refractivity contribution in [2.45, 2.75) is 142 Å². The maximum absolute atomic E-state index is 14.0. The van der Waals surface area contributed by atoms with Gasteiger partial charge >= 0.3 is 12.1 Å². The third-order valence-electron chi connectivity index (χ3n) is 16.3. The van der Waals surface area contributed by atoms with E-state index < -0.39 is 24.3 Å².